The van der Waals surface area contributed by atoms with Crippen LogP contribution in [-0.4, -0.2) is 108 Å². The number of anilines is 1. The molecule has 0 aliphatic carbocycles. The Bertz CT molecular complexity index is 2420. The zero-order valence-corrected chi connectivity index (χ0v) is 46.4. The fraction of sp³-hybridized carbons (Fsp3) is 0.464. The Hall–Kier alpha value is -5.44. The van der Waals surface area contributed by atoms with E-state index in [0.717, 1.165) is 49.3 Å². The number of nitrogens with zero attached hydrogens (tertiary/aromatic N) is 2. The molecule has 2 heterocycles. The highest BCUT2D eigenvalue weighted by molar-refractivity contribution is 7.61. The topological polar surface area (TPSA) is 306 Å². The summed E-state index contributed by atoms with van der Waals surface area (Å²) in [5, 5.41) is 41.0. The summed E-state index contributed by atoms with van der Waals surface area (Å²) < 4.78 is 56.5. The molecule has 2 rings (SSSR count). The van der Waals surface area contributed by atoms with Crippen molar-refractivity contribution in [2.75, 3.05) is 25.6 Å². The van der Waals surface area contributed by atoms with E-state index in [4.69, 9.17) is 29.0 Å². The minimum Gasteiger partial charge on any atom is -0.462 e. The Labute approximate surface area is 458 Å². The molecule has 0 spiro atoms. The smallest absolute Gasteiger partial charge is 0.462 e. The molecule has 78 heavy (non-hydrogen) atoms. The fourth-order valence-corrected chi connectivity index (χ4v) is 8.72. The van der Waals surface area contributed by atoms with Crippen LogP contribution in [0.5, 0.6) is 0 Å². The molecule has 1 aromatic rings. The van der Waals surface area contributed by atoms with E-state index in [2.05, 4.69) is 64.8 Å². The van der Waals surface area contributed by atoms with Crippen LogP contribution in [0.25, 0.3) is 0 Å². The van der Waals surface area contributed by atoms with Gasteiger partial charge in [0.05, 0.1) is 25.4 Å². The van der Waals surface area contributed by atoms with Crippen molar-refractivity contribution in [2.45, 2.75) is 147 Å². The second-order valence-electron chi connectivity index (χ2n) is 17.3. The lowest BCUT2D eigenvalue weighted by molar-refractivity contribution is -0.161. The van der Waals surface area contributed by atoms with Gasteiger partial charge in [-0.15, -0.1) is 0 Å². The summed E-state index contributed by atoms with van der Waals surface area (Å²) in [6.07, 6.45) is 45.8. The van der Waals surface area contributed by atoms with Gasteiger partial charge in [0.1, 0.15) is 30.7 Å². The molecule has 0 amide bonds. The lowest BCUT2D eigenvalue weighted by Gasteiger charge is -2.21. The Morgan fingerprint density at radius 2 is 1.26 bits per heavy atom. The number of ether oxygens (including phenoxy) is 3. The van der Waals surface area contributed by atoms with Gasteiger partial charge < -0.3 is 50.2 Å². The molecule has 0 saturated carbocycles. The van der Waals surface area contributed by atoms with Crippen LogP contribution in [0.4, 0.5) is 5.82 Å². The van der Waals surface area contributed by atoms with E-state index in [1.165, 1.54) is 6.07 Å². The third-order valence-electron chi connectivity index (χ3n) is 10.6. The summed E-state index contributed by atoms with van der Waals surface area (Å²) in [5.74, 6) is -1.61. The third kappa shape index (κ3) is 33.8. The maximum absolute atomic E-state index is 12.9. The minimum atomic E-state index is -5.50. The van der Waals surface area contributed by atoms with Gasteiger partial charge in [-0.2, -0.15) is 9.29 Å². The summed E-state index contributed by atoms with van der Waals surface area (Å²) in [5.41, 5.74) is 4.56. The normalized spacial score (nSPS) is 20.5. The standard InChI is InChI=1S/C56H81N3O17P2/c1-3-5-7-8-9-10-11-12-13-14-15-16-17-18-19-20-24-27-33-40-52(63)74-48(43-71-51(62)39-34-28-32-38-47(61)37-31-26-23-21-22-25-30-36-46(60)35-29-6-4-2)44-72-77(67,68)76-78(69,70)73-45-49-53(64)54(65)55(75-49)59-42-41-50(57)58-56(59)66/h5-7,9-10,12-13,15-16,18-19,22-27,29-32,36-38,41-42,46-49,53-55,60-61,64-65H,3-4,8,11,14,17,20-21,28,33-35,39-40,43-45H2,1-2H3,(H,67,68)(H,69,70)(H2,57,58,66)/b7-5-,10-9-,13-12-,16-15-,19-18-,25-22-,26-23-,27-24-,29-6-,36-30+,37-31+,38-32-/t46-,47-,48-,49-,53-,54-,55-/m1/s1. The molecule has 0 bridgehead atoms. The van der Waals surface area contributed by atoms with Crippen LogP contribution < -0.4 is 11.4 Å². The number of nitrogen functional groups attached to an aromatic ring is 1. The van der Waals surface area contributed by atoms with Crippen molar-refractivity contribution < 1.29 is 76.5 Å². The molecule has 2 unspecified atom stereocenters. The van der Waals surface area contributed by atoms with Crippen molar-refractivity contribution in [1.82, 2.24) is 9.55 Å². The van der Waals surface area contributed by atoms with E-state index in [0.29, 0.717) is 32.1 Å². The van der Waals surface area contributed by atoms with Gasteiger partial charge in [0, 0.05) is 19.0 Å². The number of aliphatic hydroxyl groups is 4. The Balaban J connectivity index is 1.90. The quantitative estimate of drug-likeness (QED) is 0.0106. The van der Waals surface area contributed by atoms with Gasteiger partial charge in [0.2, 0.25) is 0 Å². The number of allylic oxidation sites excluding steroid dienone is 20. The van der Waals surface area contributed by atoms with Crippen molar-refractivity contribution in [2.24, 2.45) is 0 Å². The van der Waals surface area contributed by atoms with Crippen LogP contribution in [0.15, 0.2) is 163 Å². The van der Waals surface area contributed by atoms with Crippen LogP contribution in [0.3, 0.4) is 0 Å². The molecule has 1 fully saturated rings. The summed E-state index contributed by atoms with van der Waals surface area (Å²) in [4.78, 5) is 61.9. The molecule has 9 atom stereocenters. The Morgan fingerprint density at radius 3 is 1.87 bits per heavy atom. The van der Waals surface area contributed by atoms with Crippen molar-refractivity contribution in [3.8, 4) is 0 Å². The number of phosphoric acid groups is 2. The molecule has 1 saturated heterocycles. The van der Waals surface area contributed by atoms with Crippen LogP contribution in [0.1, 0.15) is 110 Å². The maximum atomic E-state index is 12.9. The van der Waals surface area contributed by atoms with E-state index < -0.39 is 95.9 Å². The summed E-state index contributed by atoms with van der Waals surface area (Å²) in [6.45, 7) is 1.57. The minimum absolute atomic E-state index is 0.0851. The van der Waals surface area contributed by atoms with E-state index in [1.807, 2.05) is 55.5 Å². The van der Waals surface area contributed by atoms with E-state index in [1.54, 1.807) is 48.6 Å². The van der Waals surface area contributed by atoms with Crippen LogP contribution >= 0.6 is 15.6 Å². The average molecular weight is 1130 g/mol. The lowest BCUT2D eigenvalue weighted by Crippen LogP contribution is -2.36. The molecule has 22 heteroatoms. The maximum Gasteiger partial charge on any atom is 0.481 e. The molecule has 432 valence electrons. The van der Waals surface area contributed by atoms with Gasteiger partial charge in [-0.1, -0.05) is 160 Å². The molecule has 1 aromatic heterocycles. The molecule has 1 aliphatic heterocycles. The van der Waals surface area contributed by atoms with Crippen molar-refractivity contribution in [1.29, 1.82) is 0 Å². The summed E-state index contributed by atoms with van der Waals surface area (Å²) in [7, 11) is -11.0. The van der Waals surface area contributed by atoms with E-state index >= 15 is 0 Å². The highest BCUT2D eigenvalue weighted by Crippen LogP contribution is 2.60. The van der Waals surface area contributed by atoms with Crippen LogP contribution in [0.2, 0.25) is 0 Å². The van der Waals surface area contributed by atoms with Crippen LogP contribution in [0, 0.1) is 0 Å². The van der Waals surface area contributed by atoms with E-state index in [9.17, 15) is 53.7 Å². The van der Waals surface area contributed by atoms with Gasteiger partial charge >= 0.3 is 33.3 Å². The lowest BCUT2D eigenvalue weighted by atomic mass is 10.1. The van der Waals surface area contributed by atoms with Crippen molar-refractivity contribution in [3.05, 3.63) is 169 Å². The number of unbranched alkanes of at least 4 members (excludes halogenated alkanes) is 1. The SMILES string of the molecule is CC/C=C\C/C=C\C/C=C\C/C=C\C/C=C\C/C=C\CCC(=O)O[C@H](COC(=O)CCC/C=C\[C@H](O)/C=C/C=C\C/C=C\C=C\[C@H](O)C/C=C\CC)COP(=O)(O)OP(=O)(O)OC[C@H]1O[C@@H](n2ccc(N)nc2=O)[C@H](O)[C@@H]1O. The molecule has 1 aliphatic rings. The largest absolute Gasteiger partial charge is 0.481 e. The van der Waals surface area contributed by atoms with Crippen molar-refractivity contribution in [3.63, 3.8) is 0 Å². The molecule has 20 nitrogen and oxygen atoms in total. The number of aliphatic hydroxyl groups excluding tert-OH is 4. The Morgan fingerprint density at radius 1 is 0.692 bits per heavy atom. The predicted molar refractivity (Wildman–Crippen MR) is 300 cm³/mol. The highest BCUT2D eigenvalue weighted by Gasteiger charge is 2.46. The number of hydrogen-bond acceptors (Lipinski definition) is 17. The Kier molecular flexibility index (Phi) is 36.6. The molecule has 0 radical (unpaired) electrons. The van der Waals surface area contributed by atoms with Gasteiger partial charge in [-0.25, -0.2) is 13.9 Å². The zero-order valence-electron chi connectivity index (χ0n) is 44.6. The fourth-order valence-electron chi connectivity index (χ4n) is 6.61. The predicted octanol–water partition coefficient (Wildman–Crippen LogP) is 9.05. The second kappa shape index (κ2) is 41.6. The average Bonchev–Trinajstić information content (AvgIpc) is 3.68. The molecular formula is C56H81N3O17P2. The molecule has 8 N–H and O–H groups in total. The number of esters is 2. The molecular weight excluding hydrogens is 1050 g/mol. The van der Waals surface area contributed by atoms with Gasteiger partial charge in [0.15, 0.2) is 12.3 Å². The van der Waals surface area contributed by atoms with E-state index in [-0.39, 0.29) is 25.1 Å². The number of carbonyl (C=O) groups is 2. The van der Waals surface area contributed by atoms with Gasteiger partial charge in [-0.05, 0) is 83.1 Å². The second-order valence-corrected chi connectivity index (χ2v) is 20.3. The number of phosphoric ester groups is 2. The first-order valence-corrected chi connectivity index (χ1v) is 29.1. The van der Waals surface area contributed by atoms with Gasteiger partial charge in [0.25, 0.3) is 0 Å². The number of aromatic nitrogens is 2. The number of hydrogen-bond donors (Lipinski definition) is 7. The number of nitrogens with two attached hydrogens (primary N) is 1. The summed E-state index contributed by atoms with van der Waals surface area (Å²) >= 11 is 0. The molecule has 0 aromatic carbocycles. The number of rotatable bonds is 40. The van der Waals surface area contributed by atoms with Gasteiger partial charge in [-0.3, -0.25) is 23.2 Å². The zero-order chi connectivity index (χ0) is 57.3. The highest BCUT2D eigenvalue weighted by atomic mass is 31.3. The first-order chi connectivity index (χ1) is 37.5. The van der Waals surface area contributed by atoms with Crippen molar-refractivity contribution >= 4 is 33.4 Å². The summed E-state index contributed by atoms with van der Waals surface area (Å²) in [6, 6.07) is 1.23. The first kappa shape index (κ1) is 68.7. The first-order valence-electron chi connectivity index (χ1n) is 26.1. The van der Waals surface area contributed by atoms with Crippen LogP contribution in [-0.2, 0) is 46.3 Å². The number of carbonyl (C=O) groups excluding carboxylic acids is 2. The monoisotopic (exact) mass is 1130 g/mol. The third-order valence-corrected chi connectivity index (χ3v) is 13.2.